The molecule has 0 unspecified atom stereocenters. The minimum Gasteiger partial charge on any atom is -0.444 e. The van der Waals surface area contributed by atoms with Gasteiger partial charge in [-0.3, -0.25) is 14.7 Å². The molecule has 0 atom stereocenters. The van der Waals surface area contributed by atoms with Crippen LogP contribution in [0.15, 0.2) is 18.3 Å². The minimum atomic E-state index is -0.652. The van der Waals surface area contributed by atoms with Crippen molar-refractivity contribution in [2.75, 3.05) is 40.3 Å². The normalized spacial score (nSPS) is 11.4. The van der Waals surface area contributed by atoms with Crippen LogP contribution in [0.2, 0.25) is 0 Å². The van der Waals surface area contributed by atoms with Crippen LogP contribution in [-0.2, 0) is 22.6 Å². The molecule has 0 fully saturated rings. The maximum absolute atomic E-state index is 12.8. The summed E-state index contributed by atoms with van der Waals surface area (Å²) in [5.74, 6) is -0.120. The Morgan fingerprint density at radius 3 is 2.39 bits per heavy atom. The van der Waals surface area contributed by atoms with Gasteiger partial charge in [-0.15, -0.1) is 0 Å². The lowest BCUT2D eigenvalue weighted by Crippen LogP contribution is -2.46. The molecule has 2 amide bonds. The standard InChI is InChI=1S/C20H35N5O3/c1-7-24(11-10-23(5)6)18(26)15-25(19(27)28-20(2,3)4)14-17-12-16(13-21)8-9-22-17/h8-9,12H,7,10-11,13-15,21H2,1-6H3. The second-order valence-corrected chi connectivity index (χ2v) is 7.97. The summed E-state index contributed by atoms with van der Waals surface area (Å²) in [6, 6.07) is 3.66. The van der Waals surface area contributed by atoms with E-state index in [1.165, 1.54) is 4.90 Å². The smallest absolute Gasteiger partial charge is 0.411 e. The summed E-state index contributed by atoms with van der Waals surface area (Å²) >= 11 is 0. The highest BCUT2D eigenvalue weighted by Crippen LogP contribution is 2.13. The molecule has 1 heterocycles. The Hall–Kier alpha value is -2.19. The first-order valence-electron chi connectivity index (χ1n) is 9.60. The molecular weight excluding hydrogens is 358 g/mol. The predicted molar refractivity (Wildman–Crippen MR) is 110 cm³/mol. The van der Waals surface area contributed by atoms with Gasteiger partial charge in [-0.05, 0) is 59.5 Å². The number of hydrogen-bond donors (Lipinski definition) is 1. The van der Waals surface area contributed by atoms with E-state index in [0.717, 1.165) is 12.1 Å². The van der Waals surface area contributed by atoms with E-state index in [-0.39, 0.29) is 19.0 Å². The highest BCUT2D eigenvalue weighted by Gasteiger charge is 2.26. The van der Waals surface area contributed by atoms with Crippen molar-refractivity contribution in [2.45, 2.75) is 46.4 Å². The van der Waals surface area contributed by atoms with Gasteiger partial charge in [0.25, 0.3) is 0 Å². The van der Waals surface area contributed by atoms with Crippen molar-refractivity contribution >= 4 is 12.0 Å². The lowest BCUT2D eigenvalue weighted by molar-refractivity contribution is -0.132. The molecule has 0 spiro atoms. The molecule has 1 rings (SSSR count). The number of aromatic nitrogens is 1. The number of hydrogen-bond acceptors (Lipinski definition) is 6. The van der Waals surface area contributed by atoms with Gasteiger partial charge in [-0.25, -0.2) is 4.79 Å². The van der Waals surface area contributed by atoms with Crippen molar-refractivity contribution in [2.24, 2.45) is 5.73 Å². The molecule has 158 valence electrons. The van der Waals surface area contributed by atoms with Gasteiger partial charge in [-0.2, -0.15) is 0 Å². The van der Waals surface area contributed by atoms with Gasteiger partial charge >= 0.3 is 6.09 Å². The van der Waals surface area contributed by atoms with Gasteiger partial charge in [0.15, 0.2) is 0 Å². The molecule has 1 aromatic rings. The molecule has 28 heavy (non-hydrogen) atoms. The Morgan fingerprint density at radius 2 is 1.86 bits per heavy atom. The lowest BCUT2D eigenvalue weighted by atomic mass is 10.2. The van der Waals surface area contributed by atoms with Crippen LogP contribution >= 0.6 is 0 Å². The molecule has 2 N–H and O–H groups in total. The number of ether oxygens (including phenoxy) is 1. The molecule has 0 aliphatic heterocycles. The first-order chi connectivity index (χ1) is 13.1. The van der Waals surface area contributed by atoms with Gasteiger partial charge in [0.05, 0.1) is 12.2 Å². The van der Waals surface area contributed by atoms with E-state index in [2.05, 4.69) is 4.98 Å². The first kappa shape index (κ1) is 23.8. The van der Waals surface area contributed by atoms with Crippen molar-refractivity contribution < 1.29 is 14.3 Å². The number of pyridine rings is 1. The van der Waals surface area contributed by atoms with Gasteiger partial charge in [0.2, 0.25) is 5.91 Å². The van der Waals surface area contributed by atoms with Crippen molar-refractivity contribution in [1.82, 2.24) is 19.7 Å². The molecule has 0 radical (unpaired) electrons. The molecular formula is C20H35N5O3. The molecule has 8 nitrogen and oxygen atoms in total. The summed E-state index contributed by atoms with van der Waals surface area (Å²) in [6.07, 6.45) is 1.12. The van der Waals surface area contributed by atoms with Crippen LogP contribution < -0.4 is 5.73 Å². The summed E-state index contributed by atoms with van der Waals surface area (Å²) < 4.78 is 5.50. The van der Waals surface area contributed by atoms with Crippen LogP contribution in [0.5, 0.6) is 0 Å². The van der Waals surface area contributed by atoms with Crippen LogP contribution in [0.4, 0.5) is 4.79 Å². The zero-order valence-electron chi connectivity index (χ0n) is 18.1. The van der Waals surface area contributed by atoms with Gasteiger partial charge in [-0.1, -0.05) is 0 Å². The number of carbonyl (C=O) groups excluding carboxylic acids is 2. The number of carbonyl (C=O) groups is 2. The SMILES string of the molecule is CCN(CCN(C)C)C(=O)CN(Cc1cc(CN)ccn1)C(=O)OC(C)(C)C. The first-order valence-corrected chi connectivity index (χ1v) is 9.60. The fraction of sp³-hybridized carbons (Fsp3) is 0.650. The molecule has 0 saturated carbocycles. The highest BCUT2D eigenvalue weighted by molar-refractivity contribution is 5.82. The number of rotatable bonds is 9. The Kier molecular flexibility index (Phi) is 9.34. The average Bonchev–Trinajstić information content (AvgIpc) is 2.60. The summed E-state index contributed by atoms with van der Waals surface area (Å²) in [4.78, 5) is 35.0. The van der Waals surface area contributed by atoms with E-state index >= 15 is 0 Å². The summed E-state index contributed by atoms with van der Waals surface area (Å²) in [5.41, 5.74) is 6.62. The molecule has 0 bridgehead atoms. The summed E-state index contributed by atoms with van der Waals surface area (Å²) in [6.45, 7) is 9.76. The molecule has 1 aromatic heterocycles. The second-order valence-electron chi connectivity index (χ2n) is 7.97. The summed E-state index contributed by atoms with van der Waals surface area (Å²) in [7, 11) is 3.92. The Morgan fingerprint density at radius 1 is 1.18 bits per heavy atom. The third-order valence-electron chi connectivity index (χ3n) is 4.00. The fourth-order valence-corrected chi connectivity index (χ4v) is 2.49. The van der Waals surface area contributed by atoms with Crippen LogP contribution in [0.3, 0.4) is 0 Å². The minimum absolute atomic E-state index is 0.0648. The van der Waals surface area contributed by atoms with E-state index in [1.807, 2.05) is 38.1 Å². The summed E-state index contributed by atoms with van der Waals surface area (Å²) in [5, 5.41) is 0. The van der Waals surface area contributed by atoms with Crippen molar-refractivity contribution in [3.05, 3.63) is 29.6 Å². The third kappa shape index (κ3) is 8.67. The Bertz CT molecular complexity index is 643. The zero-order chi connectivity index (χ0) is 21.3. The van der Waals surface area contributed by atoms with Crippen LogP contribution in [0, 0.1) is 0 Å². The molecule has 0 saturated heterocycles. The van der Waals surface area contributed by atoms with Crippen molar-refractivity contribution in [1.29, 1.82) is 0 Å². The van der Waals surface area contributed by atoms with Crippen molar-refractivity contribution in [3.8, 4) is 0 Å². The molecule has 8 heteroatoms. The third-order valence-corrected chi connectivity index (χ3v) is 4.00. The van der Waals surface area contributed by atoms with Crippen LogP contribution in [0.25, 0.3) is 0 Å². The quantitative estimate of drug-likeness (QED) is 0.686. The molecule has 0 aromatic carbocycles. The maximum atomic E-state index is 12.8. The zero-order valence-corrected chi connectivity index (χ0v) is 18.1. The van der Waals surface area contributed by atoms with Crippen LogP contribution in [-0.4, -0.2) is 77.6 Å². The van der Waals surface area contributed by atoms with Crippen LogP contribution in [0.1, 0.15) is 39.0 Å². The highest BCUT2D eigenvalue weighted by atomic mass is 16.6. The van der Waals surface area contributed by atoms with E-state index in [4.69, 9.17) is 10.5 Å². The Balaban J connectivity index is 2.95. The number of amides is 2. The maximum Gasteiger partial charge on any atom is 0.411 e. The number of nitrogens with two attached hydrogens (primary N) is 1. The largest absolute Gasteiger partial charge is 0.444 e. The lowest BCUT2D eigenvalue weighted by Gasteiger charge is -2.29. The average molecular weight is 394 g/mol. The number of likely N-dealkylation sites (N-methyl/N-ethyl adjacent to an activating group) is 2. The van der Waals surface area contributed by atoms with E-state index < -0.39 is 11.7 Å². The molecule has 0 aliphatic rings. The van der Waals surface area contributed by atoms with Gasteiger partial charge < -0.3 is 20.3 Å². The monoisotopic (exact) mass is 393 g/mol. The second kappa shape index (κ2) is 11.0. The molecule has 0 aliphatic carbocycles. The van der Waals surface area contributed by atoms with E-state index in [9.17, 15) is 9.59 Å². The topological polar surface area (TPSA) is 92.0 Å². The van der Waals surface area contributed by atoms with E-state index in [0.29, 0.717) is 25.3 Å². The predicted octanol–water partition coefficient (Wildman–Crippen LogP) is 1.69. The van der Waals surface area contributed by atoms with Gasteiger partial charge in [0, 0.05) is 32.4 Å². The fourth-order valence-electron chi connectivity index (χ4n) is 2.49. The van der Waals surface area contributed by atoms with Crippen molar-refractivity contribution in [3.63, 3.8) is 0 Å². The van der Waals surface area contributed by atoms with Gasteiger partial charge in [0.1, 0.15) is 12.1 Å². The Labute approximate surface area is 168 Å². The van der Waals surface area contributed by atoms with E-state index in [1.54, 1.807) is 31.9 Å². The number of nitrogens with zero attached hydrogens (tertiary/aromatic N) is 4.